The van der Waals surface area contributed by atoms with Crippen molar-refractivity contribution >= 4 is 6.21 Å². The van der Waals surface area contributed by atoms with Gasteiger partial charge in [-0.15, -0.1) is 4.99 Å². The molecule has 2 aliphatic rings. The van der Waals surface area contributed by atoms with E-state index < -0.39 is 0 Å². The van der Waals surface area contributed by atoms with Crippen LogP contribution in [-0.4, -0.2) is 48.8 Å². The van der Waals surface area contributed by atoms with E-state index in [0.29, 0.717) is 18.3 Å². The van der Waals surface area contributed by atoms with Gasteiger partial charge >= 0.3 is 0 Å². The van der Waals surface area contributed by atoms with Crippen LogP contribution in [-0.2, 0) is 11.2 Å². The van der Waals surface area contributed by atoms with Gasteiger partial charge in [-0.3, -0.25) is 5.32 Å². The summed E-state index contributed by atoms with van der Waals surface area (Å²) in [7, 11) is 1.88. The lowest BCUT2D eigenvalue weighted by Gasteiger charge is -2.24. The van der Waals surface area contributed by atoms with Crippen molar-refractivity contribution in [3.05, 3.63) is 59.2 Å². The van der Waals surface area contributed by atoms with Gasteiger partial charge in [-0.2, -0.15) is 11.6 Å². The van der Waals surface area contributed by atoms with Gasteiger partial charge in [-0.05, 0) is 51.4 Å². The average molecular weight is 455 g/mol. The Balaban J connectivity index is 1.56. The van der Waals surface area contributed by atoms with Crippen molar-refractivity contribution in [2.45, 2.75) is 65.0 Å². The smallest absolute Gasteiger partial charge is 0.196 e. The normalized spacial score (nSPS) is 18.8. The van der Waals surface area contributed by atoms with Crippen LogP contribution in [0.25, 0.3) is 0 Å². The molecule has 0 fully saturated rings. The summed E-state index contributed by atoms with van der Waals surface area (Å²) >= 11 is 0. The number of likely N-dealkylation sites (N-methyl/N-ethyl adjacent to an activating group) is 1. The van der Waals surface area contributed by atoms with E-state index in [2.05, 4.69) is 37.2 Å². The number of nitrogens with zero attached hydrogens (tertiary/aromatic N) is 1. The van der Waals surface area contributed by atoms with E-state index in [1.54, 1.807) is 6.07 Å². The van der Waals surface area contributed by atoms with Gasteiger partial charge < -0.3 is 19.7 Å². The molecule has 180 valence electrons. The first-order chi connectivity index (χ1) is 15.9. The minimum Gasteiger partial charge on any atom is -0.504 e. The predicted octanol–water partition coefficient (Wildman–Crippen LogP) is 4.53. The van der Waals surface area contributed by atoms with E-state index in [9.17, 15) is 10.2 Å². The number of allylic oxidation sites excluding steroid dienone is 1. The minimum absolute atomic E-state index is 0.00291. The van der Waals surface area contributed by atoms with E-state index in [1.807, 2.05) is 31.5 Å². The molecule has 6 nitrogen and oxygen atoms in total. The van der Waals surface area contributed by atoms with Gasteiger partial charge in [-0.25, -0.2) is 0 Å². The van der Waals surface area contributed by atoms with E-state index in [4.69, 9.17) is 9.47 Å². The topological polar surface area (TPSA) is 83.3 Å². The summed E-state index contributed by atoms with van der Waals surface area (Å²) in [5.41, 5.74) is 2.97. The first kappa shape index (κ1) is 25.2. The third kappa shape index (κ3) is 6.79. The van der Waals surface area contributed by atoms with Gasteiger partial charge in [0.05, 0.1) is 0 Å². The van der Waals surface area contributed by atoms with Crippen LogP contribution in [0.4, 0.5) is 0 Å². The first-order valence-corrected chi connectivity index (χ1v) is 12.0. The third-order valence-electron chi connectivity index (χ3n) is 6.20. The van der Waals surface area contributed by atoms with Crippen molar-refractivity contribution in [2.75, 3.05) is 20.3 Å². The number of rotatable bonds is 13. The molecule has 2 unspecified atom stereocenters. The molecule has 2 atom stereocenters. The monoisotopic (exact) mass is 454 g/mol. The SMILES string of the molecule is CCCCC1O[C-](CCc2ccc(O)c(OCC(NC)C3=C[C+](C(C)C)C=N3)c2)C=C1CO. The molecule has 0 bridgehead atoms. The molecule has 3 rings (SSSR count). The molecule has 2 aliphatic heterocycles. The maximum absolute atomic E-state index is 10.3. The number of unbranched alkanes of at least 4 members (excludes halogenated alkanes) is 1. The molecule has 0 radical (unpaired) electrons. The first-order valence-electron chi connectivity index (χ1n) is 12.0. The number of nitrogens with one attached hydrogen (secondary N) is 1. The highest BCUT2D eigenvalue weighted by atomic mass is 16.5. The van der Waals surface area contributed by atoms with Crippen LogP contribution in [0.5, 0.6) is 11.5 Å². The Hall–Kier alpha value is -2.41. The molecule has 1 aromatic carbocycles. The predicted molar refractivity (Wildman–Crippen MR) is 132 cm³/mol. The lowest BCUT2D eigenvalue weighted by molar-refractivity contribution is 0.103. The van der Waals surface area contributed by atoms with Crippen LogP contribution in [0.2, 0.25) is 0 Å². The number of ether oxygens (including phenoxy) is 2. The van der Waals surface area contributed by atoms with Gasteiger partial charge in [-0.1, -0.05) is 38.4 Å². The number of phenols is 1. The van der Waals surface area contributed by atoms with Gasteiger partial charge in [0.2, 0.25) is 0 Å². The van der Waals surface area contributed by atoms with Gasteiger partial charge in [0, 0.05) is 18.6 Å². The number of benzene rings is 1. The third-order valence-corrected chi connectivity index (χ3v) is 6.20. The molecular weight excluding hydrogens is 416 g/mol. The molecule has 33 heavy (non-hydrogen) atoms. The maximum Gasteiger partial charge on any atom is 0.196 e. The molecule has 0 aliphatic carbocycles. The van der Waals surface area contributed by atoms with Gasteiger partial charge in [0.25, 0.3) is 0 Å². The number of hydrogen-bond donors (Lipinski definition) is 3. The summed E-state index contributed by atoms with van der Waals surface area (Å²) in [6, 6.07) is 5.41. The average Bonchev–Trinajstić information content (AvgIpc) is 3.45. The summed E-state index contributed by atoms with van der Waals surface area (Å²) in [4.78, 5) is 4.53. The summed E-state index contributed by atoms with van der Waals surface area (Å²) in [6.07, 6.45) is 11.6. The molecule has 6 heteroatoms. The number of aryl methyl sites for hydroxylation is 1. The Morgan fingerprint density at radius 3 is 2.82 bits per heavy atom. The maximum atomic E-state index is 10.3. The zero-order valence-electron chi connectivity index (χ0n) is 20.3. The highest BCUT2D eigenvalue weighted by molar-refractivity contribution is 5.83. The molecule has 3 N–H and O–H groups in total. The van der Waals surface area contributed by atoms with Crippen molar-refractivity contribution < 1.29 is 19.7 Å². The van der Waals surface area contributed by atoms with Gasteiger partial charge in [0.1, 0.15) is 24.8 Å². The highest BCUT2D eigenvalue weighted by Gasteiger charge is 2.30. The number of hydrogen-bond acceptors (Lipinski definition) is 6. The Morgan fingerprint density at radius 2 is 2.15 bits per heavy atom. The Bertz CT molecular complexity index is 862. The number of aliphatic imine (C=N–C) groups is 1. The van der Waals surface area contributed by atoms with Crippen molar-refractivity contribution in [1.82, 2.24) is 5.32 Å². The largest absolute Gasteiger partial charge is 0.504 e. The zero-order chi connectivity index (χ0) is 23.8. The number of aliphatic hydroxyl groups is 1. The van der Waals surface area contributed by atoms with E-state index >= 15 is 0 Å². The number of phenolic OH excluding ortho intramolecular Hbond substituents is 1. The van der Waals surface area contributed by atoms with Crippen LogP contribution in [0, 0.1) is 17.9 Å². The molecular formula is C27H38N2O4. The molecule has 0 amide bonds. The second-order valence-corrected chi connectivity index (χ2v) is 9.03. The number of aromatic hydroxyl groups is 1. The van der Waals surface area contributed by atoms with Crippen LogP contribution in [0.1, 0.15) is 52.0 Å². The van der Waals surface area contributed by atoms with Crippen LogP contribution >= 0.6 is 0 Å². The second kappa shape index (κ2) is 12.2. The second-order valence-electron chi connectivity index (χ2n) is 9.03. The van der Waals surface area contributed by atoms with Crippen LogP contribution < -0.4 is 10.1 Å². The quantitative estimate of drug-likeness (QED) is 0.382. The molecule has 2 heterocycles. The van der Waals surface area contributed by atoms with E-state index in [0.717, 1.165) is 55.0 Å². The molecule has 1 aromatic rings. The standard InChI is InChI=1S/C27H38N2O4/c1-5-6-7-26-21(16-30)13-22(33-26)10-8-19-9-11-25(31)27(12-19)32-17-24(28-4)23-14-20(15-29-23)18(2)3/h9,11-15,18,24,26,28,30-31H,5-8,10,16-17H2,1-4H3. The Labute approximate surface area is 198 Å². The summed E-state index contributed by atoms with van der Waals surface area (Å²) in [5, 5.41) is 23.2. The van der Waals surface area contributed by atoms with Crippen molar-refractivity contribution in [3.8, 4) is 11.5 Å². The highest BCUT2D eigenvalue weighted by Crippen LogP contribution is 2.33. The lowest BCUT2D eigenvalue weighted by Crippen LogP contribution is -2.32. The fraction of sp³-hybridized carbons (Fsp3) is 0.519. The molecule has 0 aromatic heterocycles. The summed E-state index contributed by atoms with van der Waals surface area (Å²) < 4.78 is 12.1. The molecule has 0 saturated carbocycles. The fourth-order valence-corrected chi connectivity index (χ4v) is 3.99. The Kier molecular flexibility index (Phi) is 9.30. The number of aliphatic hydroxyl groups excluding tert-OH is 1. The summed E-state index contributed by atoms with van der Waals surface area (Å²) in [6.45, 7) is 6.86. The lowest BCUT2D eigenvalue weighted by atomic mass is 9.97. The zero-order valence-corrected chi connectivity index (χ0v) is 20.3. The molecule has 0 spiro atoms. The van der Waals surface area contributed by atoms with Gasteiger partial charge in [0.15, 0.2) is 23.2 Å². The molecule has 0 saturated heterocycles. The van der Waals surface area contributed by atoms with E-state index in [1.165, 1.54) is 5.92 Å². The van der Waals surface area contributed by atoms with Crippen molar-refractivity contribution in [3.63, 3.8) is 0 Å². The minimum atomic E-state index is -0.0647. The van der Waals surface area contributed by atoms with Crippen LogP contribution in [0.3, 0.4) is 0 Å². The van der Waals surface area contributed by atoms with Crippen molar-refractivity contribution in [2.24, 2.45) is 10.9 Å². The van der Waals surface area contributed by atoms with E-state index in [-0.39, 0.29) is 24.5 Å². The Morgan fingerprint density at radius 1 is 1.33 bits per heavy atom. The van der Waals surface area contributed by atoms with Crippen LogP contribution in [0.15, 0.2) is 46.6 Å². The summed E-state index contributed by atoms with van der Waals surface area (Å²) in [5.74, 6) is 2.22. The van der Waals surface area contributed by atoms with Crippen molar-refractivity contribution in [1.29, 1.82) is 0 Å². The fourth-order valence-electron chi connectivity index (χ4n) is 3.99.